The van der Waals surface area contributed by atoms with E-state index in [0.29, 0.717) is 5.56 Å². The van der Waals surface area contributed by atoms with Gasteiger partial charge in [-0.2, -0.15) is 0 Å². The molecule has 0 N–H and O–H groups in total. The molecule has 5 aromatic carbocycles. The van der Waals surface area contributed by atoms with Crippen LogP contribution in [0.15, 0.2) is 66.7 Å². The van der Waals surface area contributed by atoms with Gasteiger partial charge in [0.05, 0.1) is 0 Å². The molecule has 0 aliphatic carbocycles. The summed E-state index contributed by atoms with van der Waals surface area (Å²) >= 11 is 0. The Kier molecular flexibility index (Phi) is 2.84. The van der Waals surface area contributed by atoms with E-state index in [4.69, 9.17) is 0 Å². The Hall–Kier alpha value is -3.37. The van der Waals surface area contributed by atoms with Gasteiger partial charge >= 0.3 is 0 Å². The SMILES string of the molecule is CC#CC(=O)c1ccc2c3cccc4cccc(c5cccc1c52)c43. The monoisotopic (exact) mass is 318 g/mol. The van der Waals surface area contributed by atoms with Crippen LogP contribution in [-0.2, 0) is 0 Å². The van der Waals surface area contributed by atoms with Gasteiger partial charge in [0.15, 0.2) is 0 Å². The molecular formula is C24H14O. The molecule has 0 saturated heterocycles. The van der Waals surface area contributed by atoms with E-state index in [1.54, 1.807) is 6.92 Å². The van der Waals surface area contributed by atoms with Crippen molar-refractivity contribution in [1.29, 1.82) is 0 Å². The molecule has 25 heavy (non-hydrogen) atoms. The maximum absolute atomic E-state index is 12.5. The van der Waals surface area contributed by atoms with Crippen LogP contribution >= 0.6 is 0 Å². The third-order valence-electron chi connectivity index (χ3n) is 5.01. The summed E-state index contributed by atoms with van der Waals surface area (Å²) < 4.78 is 0. The summed E-state index contributed by atoms with van der Waals surface area (Å²) in [5.41, 5.74) is 0.682. The van der Waals surface area contributed by atoms with Crippen LogP contribution in [0.3, 0.4) is 0 Å². The van der Waals surface area contributed by atoms with Crippen LogP contribution in [0.2, 0.25) is 0 Å². The van der Waals surface area contributed by atoms with Crippen molar-refractivity contribution >= 4 is 48.9 Å². The fourth-order valence-electron chi connectivity index (χ4n) is 4.02. The maximum atomic E-state index is 12.5. The van der Waals surface area contributed by atoms with Gasteiger partial charge in [-0.05, 0) is 62.0 Å². The molecule has 5 aromatic rings. The Bertz CT molecular complexity index is 1310. The van der Waals surface area contributed by atoms with Gasteiger partial charge in [0.25, 0.3) is 0 Å². The highest BCUT2D eigenvalue weighted by molar-refractivity contribution is 6.35. The number of carbonyl (C=O) groups is 1. The molecule has 0 fully saturated rings. The first kappa shape index (κ1) is 14.0. The minimum absolute atomic E-state index is 0.122. The lowest BCUT2D eigenvalue weighted by Crippen LogP contribution is -1.97. The van der Waals surface area contributed by atoms with E-state index in [0.717, 1.165) is 10.8 Å². The van der Waals surface area contributed by atoms with Crippen LogP contribution in [0.1, 0.15) is 17.3 Å². The first-order valence-corrected chi connectivity index (χ1v) is 8.35. The molecule has 0 spiro atoms. The molecule has 0 unspecified atom stereocenters. The zero-order valence-electron chi connectivity index (χ0n) is 13.8. The van der Waals surface area contributed by atoms with Crippen LogP contribution < -0.4 is 0 Å². The fraction of sp³-hybridized carbons (Fsp3) is 0.0417. The van der Waals surface area contributed by atoms with E-state index in [9.17, 15) is 4.79 Å². The highest BCUT2D eigenvalue weighted by Gasteiger charge is 2.16. The third kappa shape index (κ3) is 1.83. The molecule has 5 rings (SSSR count). The van der Waals surface area contributed by atoms with Crippen LogP contribution in [-0.4, -0.2) is 5.78 Å². The first-order chi connectivity index (χ1) is 12.3. The Balaban J connectivity index is 2.10. The summed E-state index contributed by atoms with van der Waals surface area (Å²) in [4.78, 5) is 12.5. The van der Waals surface area contributed by atoms with E-state index >= 15 is 0 Å². The molecule has 0 amide bonds. The van der Waals surface area contributed by atoms with E-state index in [1.807, 2.05) is 18.2 Å². The Morgan fingerprint density at radius 1 is 0.680 bits per heavy atom. The quantitative estimate of drug-likeness (QED) is 0.123. The molecule has 0 heterocycles. The number of fused-ring (bicyclic) bond motifs is 2. The molecule has 0 bridgehead atoms. The lowest BCUT2D eigenvalue weighted by atomic mass is 9.88. The van der Waals surface area contributed by atoms with Crippen molar-refractivity contribution in [3.05, 3.63) is 72.3 Å². The van der Waals surface area contributed by atoms with Gasteiger partial charge in [-0.3, -0.25) is 4.79 Å². The minimum Gasteiger partial charge on any atom is -0.279 e. The Morgan fingerprint density at radius 2 is 1.24 bits per heavy atom. The van der Waals surface area contributed by atoms with E-state index in [1.165, 1.54) is 32.3 Å². The number of ketones is 1. The van der Waals surface area contributed by atoms with Crippen molar-refractivity contribution in [3.63, 3.8) is 0 Å². The number of Topliss-reactive ketones (excluding diaryl/α,β-unsaturated/α-hetero) is 1. The Morgan fingerprint density at radius 3 is 1.92 bits per heavy atom. The predicted octanol–water partition coefficient (Wildman–Crippen LogP) is 5.94. The van der Waals surface area contributed by atoms with Crippen molar-refractivity contribution < 1.29 is 4.79 Å². The summed E-state index contributed by atoms with van der Waals surface area (Å²) in [5, 5.41) is 9.51. The zero-order valence-corrected chi connectivity index (χ0v) is 13.8. The molecule has 0 aliphatic heterocycles. The molecule has 116 valence electrons. The number of hydrogen-bond acceptors (Lipinski definition) is 1. The van der Waals surface area contributed by atoms with Gasteiger partial charge in [-0.1, -0.05) is 66.6 Å². The van der Waals surface area contributed by atoms with Crippen molar-refractivity contribution in [2.24, 2.45) is 0 Å². The minimum atomic E-state index is -0.122. The molecule has 1 heteroatoms. The maximum Gasteiger partial charge on any atom is 0.236 e. The second-order valence-corrected chi connectivity index (χ2v) is 6.30. The number of hydrogen-bond donors (Lipinski definition) is 0. The summed E-state index contributed by atoms with van der Waals surface area (Å²) in [6, 6.07) is 23.0. The first-order valence-electron chi connectivity index (χ1n) is 8.35. The lowest BCUT2D eigenvalue weighted by Gasteiger charge is -2.15. The number of rotatable bonds is 1. The van der Waals surface area contributed by atoms with Crippen LogP contribution in [0.4, 0.5) is 0 Å². The van der Waals surface area contributed by atoms with Crippen LogP contribution in [0, 0.1) is 11.8 Å². The van der Waals surface area contributed by atoms with E-state index in [2.05, 4.69) is 60.4 Å². The van der Waals surface area contributed by atoms with Crippen molar-refractivity contribution in [1.82, 2.24) is 0 Å². The number of carbonyl (C=O) groups excluding carboxylic acids is 1. The molecule has 0 saturated carbocycles. The normalized spacial score (nSPS) is 11.2. The average molecular weight is 318 g/mol. The van der Waals surface area contributed by atoms with Gasteiger partial charge in [0, 0.05) is 5.56 Å². The van der Waals surface area contributed by atoms with E-state index in [-0.39, 0.29) is 5.78 Å². The van der Waals surface area contributed by atoms with Crippen molar-refractivity contribution in [2.45, 2.75) is 6.92 Å². The second-order valence-electron chi connectivity index (χ2n) is 6.30. The molecule has 0 atom stereocenters. The predicted molar refractivity (Wildman–Crippen MR) is 105 cm³/mol. The van der Waals surface area contributed by atoms with Gasteiger partial charge < -0.3 is 0 Å². The Labute approximate surface area is 145 Å². The zero-order chi connectivity index (χ0) is 17.0. The van der Waals surface area contributed by atoms with Gasteiger partial charge in [-0.15, -0.1) is 0 Å². The number of benzene rings is 5. The molecular weight excluding hydrogens is 304 g/mol. The highest BCUT2D eigenvalue weighted by Crippen LogP contribution is 2.40. The van der Waals surface area contributed by atoms with Crippen molar-refractivity contribution in [3.8, 4) is 11.8 Å². The van der Waals surface area contributed by atoms with E-state index < -0.39 is 0 Å². The summed E-state index contributed by atoms with van der Waals surface area (Å²) in [6.45, 7) is 1.69. The summed E-state index contributed by atoms with van der Waals surface area (Å²) in [7, 11) is 0. The second kappa shape index (κ2) is 5.06. The molecule has 0 aliphatic rings. The van der Waals surface area contributed by atoms with Crippen LogP contribution in [0.25, 0.3) is 43.1 Å². The van der Waals surface area contributed by atoms with Crippen LogP contribution in [0.5, 0.6) is 0 Å². The largest absolute Gasteiger partial charge is 0.279 e. The molecule has 0 radical (unpaired) electrons. The standard InChI is InChI=1S/C24H14O/c1-2-6-22(25)16-13-14-21-19-10-4-8-15-7-3-9-18(23(15)19)20-12-5-11-17(16)24(20)21/h3-5,7-14H,1H3. The van der Waals surface area contributed by atoms with Gasteiger partial charge in [0.1, 0.15) is 0 Å². The summed E-state index contributed by atoms with van der Waals surface area (Å²) in [6.07, 6.45) is 0. The van der Waals surface area contributed by atoms with Gasteiger partial charge in [0.2, 0.25) is 5.78 Å². The topological polar surface area (TPSA) is 17.1 Å². The average Bonchev–Trinajstić information content (AvgIpc) is 2.65. The third-order valence-corrected chi connectivity index (χ3v) is 5.01. The lowest BCUT2D eigenvalue weighted by molar-refractivity contribution is 0.105. The smallest absolute Gasteiger partial charge is 0.236 e. The van der Waals surface area contributed by atoms with Gasteiger partial charge in [-0.25, -0.2) is 0 Å². The molecule has 0 aromatic heterocycles. The highest BCUT2D eigenvalue weighted by atomic mass is 16.1. The van der Waals surface area contributed by atoms with Crippen molar-refractivity contribution in [2.75, 3.05) is 0 Å². The molecule has 1 nitrogen and oxygen atoms in total. The summed E-state index contributed by atoms with van der Waals surface area (Å²) in [5.74, 6) is 5.28. The fourth-order valence-corrected chi connectivity index (χ4v) is 4.02.